The van der Waals surface area contributed by atoms with Crippen molar-refractivity contribution in [1.29, 1.82) is 0 Å². The van der Waals surface area contributed by atoms with Crippen molar-refractivity contribution in [3.63, 3.8) is 0 Å². The van der Waals surface area contributed by atoms with Crippen molar-refractivity contribution in [2.45, 2.75) is 0 Å². The van der Waals surface area contributed by atoms with Gasteiger partial charge in [0.1, 0.15) is 5.75 Å². The molecule has 2 aromatic rings. The van der Waals surface area contributed by atoms with Gasteiger partial charge in [-0.05, 0) is 28.1 Å². The fourth-order valence-electron chi connectivity index (χ4n) is 1.45. The van der Waals surface area contributed by atoms with E-state index in [4.69, 9.17) is 4.42 Å². The van der Waals surface area contributed by atoms with Crippen LogP contribution in [0, 0.1) is 10.1 Å². The number of furan rings is 1. The van der Waals surface area contributed by atoms with Gasteiger partial charge in [0.25, 0.3) is 11.6 Å². The van der Waals surface area contributed by atoms with Gasteiger partial charge in [-0.25, -0.2) is 0 Å². The van der Waals surface area contributed by atoms with Crippen molar-refractivity contribution in [2.75, 3.05) is 5.32 Å². The molecular formula is C11H7BrN2O5. The first-order valence-corrected chi connectivity index (χ1v) is 5.80. The molecule has 8 heteroatoms. The van der Waals surface area contributed by atoms with E-state index in [-0.39, 0.29) is 21.7 Å². The van der Waals surface area contributed by atoms with Gasteiger partial charge >= 0.3 is 0 Å². The zero-order valence-electron chi connectivity index (χ0n) is 9.29. The monoisotopic (exact) mass is 326 g/mol. The Morgan fingerprint density at radius 2 is 2.16 bits per heavy atom. The van der Waals surface area contributed by atoms with Crippen molar-refractivity contribution < 1.29 is 19.2 Å². The van der Waals surface area contributed by atoms with E-state index < -0.39 is 16.5 Å². The van der Waals surface area contributed by atoms with Crippen LogP contribution in [0.4, 0.5) is 11.4 Å². The predicted octanol–water partition coefficient (Wildman–Crippen LogP) is 2.91. The van der Waals surface area contributed by atoms with Gasteiger partial charge in [-0.15, -0.1) is 0 Å². The Labute approximate surface area is 115 Å². The molecule has 0 radical (unpaired) electrons. The molecule has 1 aromatic carbocycles. The zero-order valence-corrected chi connectivity index (χ0v) is 10.9. The Morgan fingerprint density at radius 1 is 1.42 bits per heavy atom. The molecule has 0 bridgehead atoms. The van der Waals surface area contributed by atoms with Crippen LogP contribution in [0.15, 0.2) is 39.6 Å². The second kappa shape index (κ2) is 5.11. The first-order valence-electron chi connectivity index (χ1n) is 5.01. The maximum absolute atomic E-state index is 11.9. The average molecular weight is 327 g/mol. The third-order valence-corrected chi connectivity index (χ3v) is 2.93. The summed E-state index contributed by atoms with van der Waals surface area (Å²) in [5.74, 6) is -1.02. The van der Waals surface area contributed by atoms with E-state index in [9.17, 15) is 20.0 Å². The third-order valence-electron chi connectivity index (χ3n) is 2.32. The van der Waals surface area contributed by atoms with Crippen molar-refractivity contribution in [1.82, 2.24) is 0 Å². The number of amides is 1. The van der Waals surface area contributed by atoms with Crippen LogP contribution in [0.1, 0.15) is 10.4 Å². The zero-order chi connectivity index (χ0) is 14.0. The van der Waals surface area contributed by atoms with E-state index in [0.717, 1.165) is 0 Å². The molecule has 0 aliphatic heterocycles. The van der Waals surface area contributed by atoms with Crippen molar-refractivity contribution in [2.24, 2.45) is 0 Å². The lowest BCUT2D eigenvalue weighted by atomic mass is 10.2. The molecule has 0 aliphatic carbocycles. The van der Waals surface area contributed by atoms with Crippen molar-refractivity contribution in [3.8, 4) is 5.75 Å². The molecule has 2 rings (SSSR count). The third kappa shape index (κ3) is 2.58. The molecule has 0 aliphatic rings. The number of rotatable bonds is 3. The van der Waals surface area contributed by atoms with Crippen LogP contribution in [-0.2, 0) is 0 Å². The van der Waals surface area contributed by atoms with Crippen molar-refractivity contribution in [3.05, 3.63) is 50.9 Å². The van der Waals surface area contributed by atoms with Crippen LogP contribution in [-0.4, -0.2) is 15.9 Å². The Hall–Kier alpha value is -2.35. The summed E-state index contributed by atoms with van der Waals surface area (Å²) in [6, 6.07) is 5.13. The van der Waals surface area contributed by atoms with Crippen LogP contribution in [0.5, 0.6) is 5.75 Å². The molecule has 7 nitrogen and oxygen atoms in total. The van der Waals surface area contributed by atoms with Gasteiger partial charge in [-0.2, -0.15) is 0 Å². The van der Waals surface area contributed by atoms with Gasteiger partial charge in [0, 0.05) is 6.07 Å². The first kappa shape index (κ1) is 13.1. The summed E-state index contributed by atoms with van der Waals surface area (Å²) in [5.41, 5.74) is -0.490. The molecule has 1 aromatic heterocycles. The predicted molar refractivity (Wildman–Crippen MR) is 69.1 cm³/mol. The maximum Gasteiger partial charge on any atom is 0.296 e. The standard InChI is InChI=1S/C11H7BrN2O5/c12-10-6(4-5-19-10)11(16)13-9-7(14(17)18)2-1-3-8(9)15/h1-5,15H,(H,13,16). The number of hydrogen-bond donors (Lipinski definition) is 2. The smallest absolute Gasteiger partial charge is 0.296 e. The Bertz CT molecular complexity index is 652. The largest absolute Gasteiger partial charge is 0.505 e. The highest BCUT2D eigenvalue weighted by Crippen LogP contribution is 2.33. The van der Waals surface area contributed by atoms with Gasteiger partial charge in [0.05, 0.1) is 16.7 Å². The van der Waals surface area contributed by atoms with Gasteiger partial charge in [0.15, 0.2) is 10.4 Å². The summed E-state index contributed by atoms with van der Waals surface area (Å²) >= 11 is 3.02. The van der Waals surface area contributed by atoms with Crippen LogP contribution in [0.2, 0.25) is 0 Å². The quantitative estimate of drug-likeness (QED) is 0.512. The normalized spacial score (nSPS) is 10.2. The summed E-state index contributed by atoms with van der Waals surface area (Å²) in [5, 5.41) is 22.7. The maximum atomic E-state index is 11.9. The minimum Gasteiger partial charge on any atom is -0.505 e. The molecule has 0 atom stereocenters. The van der Waals surface area contributed by atoms with Gasteiger partial charge in [-0.1, -0.05) is 6.07 Å². The molecule has 0 saturated carbocycles. The highest BCUT2D eigenvalue weighted by molar-refractivity contribution is 9.10. The fraction of sp³-hybridized carbons (Fsp3) is 0. The Kier molecular flexibility index (Phi) is 3.52. The number of benzene rings is 1. The minimum absolute atomic E-state index is 0.164. The number of nitro benzene ring substituents is 1. The lowest BCUT2D eigenvalue weighted by Crippen LogP contribution is -2.13. The van der Waals surface area contributed by atoms with E-state index in [1.165, 1.54) is 30.5 Å². The van der Waals surface area contributed by atoms with Gasteiger partial charge in [0.2, 0.25) is 0 Å². The fourth-order valence-corrected chi connectivity index (χ4v) is 1.87. The van der Waals surface area contributed by atoms with E-state index in [1.54, 1.807) is 0 Å². The Morgan fingerprint density at radius 3 is 2.74 bits per heavy atom. The van der Waals surface area contributed by atoms with Gasteiger partial charge in [-0.3, -0.25) is 14.9 Å². The van der Waals surface area contributed by atoms with Gasteiger partial charge < -0.3 is 14.8 Å². The first-order chi connectivity index (χ1) is 9.00. The number of carbonyl (C=O) groups excluding carboxylic acids is 1. The van der Waals surface area contributed by atoms with E-state index in [1.807, 2.05) is 0 Å². The molecule has 19 heavy (non-hydrogen) atoms. The lowest BCUT2D eigenvalue weighted by Gasteiger charge is -2.06. The molecule has 0 spiro atoms. The summed E-state index contributed by atoms with van der Waals surface area (Å²) in [6.45, 7) is 0. The SMILES string of the molecule is O=C(Nc1c(O)cccc1[N+](=O)[O-])c1ccoc1Br. The highest BCUT2D eigenvalue weighted by Gasteiger charge is 2.21. The number of anilines is 1. The summed E-state index contributed by atoms with van der Waals surface area (Å²) in [4.78, 5) is 22.0. The molecule has 1 heterocycles. The minimum atomic E-state index is -0.695. The number of phenols is 1. The second-order valence-corrected chi connectivity index (χ2v) is 4.21. The molecule has 0 fully saturated rings. The van der Waals surface area contributed by atoms with Crippen LogP contribution in [0.3, 0.4) is 0 Å². The second-order valence-electron chi connectivity index (χ2n) is 3.49. The number of halogens is 1. The molecule has 0 saturated heterocycles. The number of nitrogens with one attached hydrogen (secondary N) is 1. The lowest BCUT2D eigenvalue weighted by molar-refractivity contribution is -0.384. The van der Waals surface area contributed by atoms with E-state index in [0.29, 0.717) is 0 Å². The number of para-hydroxylation sites is 1. The molecule has 98 valence electrons. The van der Waals surface area contributed by atoms with Crippen LogP contribution < -0.4 is 5.32 Å². The summed E-state index contributed by atoms with van der Waals surface area (Å²) in [7, 11) is 0. The number of nitrogens with zero attached hydrogens (tertiary/aromatic N) is 1. The number of phenolic OH excluding ortho intramolecular Hbond substituents is 1. The Balaban J connectivity index is 2.36. The molecule has 1 amide bonds. The molecule has 2 N–H and O–H groups in total. The highest BCUT2D eigenvalue weighted by atomic mass is 79.9. The van der Waals surface area contributed by atoms with E-state index >= 15 is 0 Å². The number of nitro groups is 1. The van der Waals surface area contributed by atoms with E-state index in [2.05, 4.69) is 21.2 Å². The average Bonchev–Trinajstić information content (AvgIpc) is 2.77. The number of aromatic hydroxyl groups is 1. The topological polar surface area (TPSA) is 106 Å². The summed E-state index contributed by atoms with van der Waals surface area (Å²) in [6.07, 6.45) is 1.29. The van der Waals surface area contributed by atoms with Crippen LogP contribution in [0.25, 0.3) is 0 Å². The number of hydrogen-bond acceptors (Lipinski definition) is 5. The van der Waals surface area contributed by atoms with Crippen LogP contribution >= 0.6 is 15.9 Å². The summed E-state index contributed by atoms with van der Waals surface area (Å²) < 4.78 is 5.09. The van der Waals surface area contributed by atoms with Crippen molar-refractivity contribution >= 4 is 33.2 Å². The molecule has 0 unspecified atom stereocenters. The number of carbonyl (C=O) groups is 1. The molecular weight excluding hydrogens is 320 g/mol.